The Bertz CT molecular complexity index is 1180. The van der Waals surface area contributed by atoms with Gasteiger partial charge in [-0.05, 0) is 55.5 Å². The summed E-state index contributed by atoms with van der Waals surface area (Å²) < 4.78 is 38.9. The van der Waals surface area contributed by atoms with E-state index in [1.54, 1.807) is 43.4 Å². The lowest BCUT2D eigenvalue weighted by atomic mass is 10.1. The maximum Gasteiger partial charge on any atom is 0.261 e. The minimum absolute atomic E-state index is 0.00212. The summed E-state index contributed by atoms with van der Waals surface area (Å²) in [6.45, 7) is 2.75. The maximum absolute atomic E-state index is 13.0. The number of methoxy groups -OCH3 is 1. The molecule has 0 aliphatic rings. The Balaban J connectivity index is 1.77. The van der Waals surface area contributed by atoms with E-state index < -0.39 is 10.0 Å². The molecule has 32 heavy (non-hydrogen) atoms. The summed E-state index contributed by atoms with van der Waals surface area (Å²) >= 11 is 0. The van der Waals surface area contributed by atoms with Gasteiger partial charge in [0, 0.05) is 30.4 Å². The van der Waals surface area contributed by atoms with Gasteiger partial charge in [-0.1, -0.05) is 24.3 Å². The summed E-state index contributed by atoms with van der Waals surface area (Å²) in [7, 11) is -0.665. The minimum atomic E-state index is -3.87. The van der Waals surface area contributed by atoms with Gasteiger partial charge >= 0.3 is 0 Å². The molecule has 0 unspecified atom stereocenters. The van der Waals surface area contributed by atoms with Crippen LogP contribution in [0, 0.1) is 0 Å². The number of anilines is 1. The first kappa shape index (κ1) is 23.1. The van der Waals surface area contributed by atoms with Gasteiger partial charge in [0.2, 0.25) is 0 Å². The topological polar surface area (TPSA) is 84.9 Å². The Labute approximate surface area is 188 Å². The van der Waals surface area contributed by atoms with Crippen LogP contribution in [-0.4, -0.2) is 40.0 Å². The van der Waals surface area contributed by atoms with Crippen LogP contribution in [-0.2, 0) is 16.6 Å². The van der Waals surface area contributed by atoms with Crippen LogP contribution in [0.2, 0.25) is 0 Å². The van der Waals surface area contributed by atoms with Crippen LogP contribution >= 0.6 is 0 Å². The maximum atomic E-state index is 13.0. The SMILES string of the molecule is CCOc1ccccc1CN(C)C(=O)c1cccc(S(=O)(=O)Nc2ccc(OC)cc2)c1. The van der Waals surface area contributed by atoms with Crippen molar-refractivity contribution in [3.8, 4) is 11.5 Å². The highest BCUT2D eigenvalue weighted by Gasteiger charge is 2.19. The summed E-state index contributed by atoms with van der Waals surface area (Å²) in [5.74, 6) is 1.04. The summed E-state index contributed by atoms with van der Waals surface area (Å²) in [5, 5.41) is 0. The molecule has 168 valence electrons. The monoisotopic (exact) mass is 454 g/mol. The van der Waals surface area contributed by atoms with E-state index in [0.29, 0.717) is 24.6 Å². The third kappa shape index (κ3) is 5.59. The van der Waals surface area contributed by atoms with Crippen LogP contribution in [0.1, 0.15) is 22.8 Å². The van der Waals surface area contributed by atoms with Crippen molar-refractivity contribution in [1.29, 1.82) is 0 Å². The van der Waals surface area contributed by atoms with Crippen molar-refractivity contribution in [1.82, 2.24) is 4.90 Å². The van der Waals surface area contributed by atoms with E-state index in [0.717, 1.165) is 11.3 Å². The average Bonchev–Trinajstić information content (AvgIpc) is 2.80. The second kappa shape index (κ2) is 10.2. The number of carbonyl (C=O) groups excluding carboxylic acids is 1. The lowest BCUT2D eigenvalue weighted by Crippen LogP contribution is -2.26. The quantitative estimate of drug-likeness (QED) is 0.525. The first-order valence-corrected chi connectivity index (χ1v) is 11.6. The van der Waals surface area contributed by atoms with Crippen LogP contribution in [0.5, 0.6) is 11.5 Å². The second-order valence-corrected chi connectivity index (χ2v) is 8.75. The number of carbonyl (C=O) groups is 1. The molecule has 8 heteroatoms. The van der Waals surface area contributed by atoms with Crippen molar-refractivity contribution in [2.45, 2.75) is 18.4 Å². The average molecular weight is 455 g/mol. The highest BCUT2D eigenvalue weighted by atomic mass is 32.2. The molecule has 1 N–H and O–H groups in total. The number of sulfonamides is 1. The zero-order chi connectivity index (χ0) is 23.1. The van der Waals surface area contributed by atoms with Crippen molar-refractivity contribution < 1.29 is 22.7 Å². The molecule has 0 saturated carbocycles. The van der Waals surface area contributed by atoms with Gasteiger partial charge in [0.25, 0.3) is 15.9 Å². The van der Waals surface area contributed by atoms with E-state index in [4.69, 9.17) is 9.47 Å². The molecule has 0 atom stereocenters. The molecule has 0 aliphatic carbocycles. The summed E-state index contributed by atoms with van der Waals surface area (Å²) in [6.07, 6.45) is 0. The number of benzene rings is 3. The Morgan fingerprint density at radius 1 is 1.00 bits per heavy atom. The molecular weight excluding hydrogens is 428 g/mol. The van der Waals surface area contributed by atoms with E-state index in [1.807, 2.05) is 31.2 Å². The lowest BCUT2D eigenvalue weighted by molar-refractivity contribution is 0.0783. The molecule has 0 heterocycles. The van der Waals surface area contributed by atoms with Gasteiger partial charge in [0.1, 0.15) is 11.5 Å². The normalized spacial score (nSPS) is 11.0. The predicted molar refractivity (Wildman–Crippen MR) is 124 cm³/mol. The van der Waals surface area contributed by atoms with Crippen LogP contribution in [0.3, 0.4) is 0 Å². The number of amides is 1. The molecule has 0 aliphatic heterocycles. The first-order chi connectivity index (χ1) is 15.3. The Morgan fingerprint density at radius 2 is 1.72 bits per heavy atom. The van der Waals surface area contributed by atoms with Gasteiger partial charge in [0.15, 0.2) is 0 Å². The number of hydrogen-bond acceptors (Lipinski definition) is 5. The fraction of sp³-hybridized carbons (Fsp3) is 0.208. The fourth-order valence-electron chi connectivity index (χ4n) is 3.15. The van der Waals surface area contributed by atoms with E-state index in [9.17, 15) is 13.2 Å². The Hall–Kier alpha value is -3.52. The van der Waals surface area contributed by atoms with Gasteiger partial charge in [-0.15, -0.1) is 0 Å². The van der Waals surface area contributed by atoms with E-state index in [2.05, 4.69) is 4.72 Å². The fourth-order valence-corrected chi connectivity index (χ4v) is 4.25. The first-order valence-electron chi connectivity index (χ1n) is 10.1. The van der Waals surface area contributed by atoms with Crippen LogP contribution < -0.4 is 14.2 Å². The molecular formula is C24H26N2O5S. The van der Waals surface area contributed by atoms with Crippen molar-refractivity contribution in [3.05, 3.63) is 83.9 Å². The number of nitrogens with one attached hydrogen (secondary N) is 1. The standard InChI is InChI=1S/C24H26N2O5S/c1-4-31-23-11-6-5-8-19(23)17-26(2)24(27)18-9-7-10-22(16-18)32(28,29)25-20-12-14-21(30-3)15-13-20/h5-16,25H,4,17H2,1-3H3. The number of rotatable bonds is 9. The van der Waals surface area contributed by atoms with Crippen molar-refractivity contribution >= 4 is 21.6 Å². The highest BCUT2D eigenvalue weighted by Crippen LogP contribution is 2.22. The van der Waals surface area contributed by atoms with Gasteiger partial charge in [-0.2, -0.15) is 0 Å². The molecule has 0 fully saturated rings. The van der Waals surface area contributed by atoms with Gasteiger partial charge in [-0.25, -0.2) is 8.42 Å². The van der Waals surface area contributed by atoms with Crippen LogP contribution in [0.25, 0.3) is 0 Å². The van der Waals surface area contributed by atoms with Gasteiger partial charge in [-0.3, -0.25) is 9.52 Å². The van der Waals surface area contributed by atoms with E-state index >= 15 is 0 Å². The number of nitrogens with zero attached hydrogens (tertiary/aromatic N) is 1. The third-order valence-corrected chi connectivity index (χ3v) is 6.14. The van der Waals surface area contributed by atoms with Crippen LogP contribution in [0.4, 0.5) is 5.69 Å². The minimum Gasteiger partial charge on any atom is -0.497 e. The molecule has 3 aromatic carbocycles. The summed E-state index contributed by atoms with van der Waals surface area (Å²) in [5.41, 5.74) is 1.54. The van der Waals surface area contributed by atoms with Crippen molar-refractivity contribution in [2.24, 2.45) is 0 Å². The van der Waals surface area contributed by atoms with Crippen LogP contribution in [0.15, 0.2) is 77.7 Å². The Kier molecular flexibility index (Phi) is 7.37. The van der Waals surface area contributed by atoms with Crippen molar-refractivity contribution in [3.63, 3.8) is 0 Å². The third-order valence-electron chi connectivity index (χ3n) is 4.76. The number of hydrogen-bond donors (Lipinski definition) is 1. The lowest BCUT2D eigenvalue weighted by Gasteiger charge is -2.19. The van der Waals surface area contributed by atoms with E-state index in [1.165, 1.54) is 24.1 Å². The van der Waals surface area contributed by atoms with Gasteiger partial charge < -0.3 is 14.4 Å². The van der Waals surface area contributed by atoms with E-state index in [-0.39, 0.29) is 16.4 Å². The van der Waals surface area contributed by atoms with Gasteiger partial charge in [0.05, 0.1) is 18.6 Å². The highest BCUT2D eigenvalue weighted by molar-refractivity contribution is 7.92. The zero-order valence-corrected chi connectivity index (χ0v) is 19.1. The number of ether oxygens (including phenoxy) is 2. The molecule has 3 aromatic rings. The summed E-state index contributed by atoms with van der Waals surface area (Å²) in [6, 6.07) is 20.0. The smallest absolute Gasteiger partial charge is 0.261 e. The second-order valence-electron chi connectivity index (χ2n) is 7.06. The zero-order valence-electron chi connectivity index (χ0n) is 18.2. The molecule has 0 saturated heterocycles. The molecule has 0 bridgehead atoms. The summed E-state index contributed by atoms with van der Waals surface area (Å²) in [4.78, 5) is 14.5. The Morgan fingerprint density at radius 3 is 2.41 bits per heavy atom. The number of para-hydroxylation sites is 1. The molecule has 7 nitrogen and oxygen atoms in total. The van der Waals surface area contributed by atoms with Crippen molar-refractivity contribution in [2.75, 3.05) is 25.5 Å². The molecule has 0 spiro atoms. The molecule has 0 aromatic heterocycles. The molecule has 3 rings (SSSR count). The molecule has 0 radical (unpaired) electrons. The predicted octanol–water partition coefficient (Wildman–Crippen LogP) is 4.17. The largest absolute Gasteiger partial charge is 0.497 e. The molecule has 1 amide bonds.